The maximum atomic E-state index is 6.15. The SMILES string of the molecule is NCc1ccnc(OCCN2CCCCC2)c1Cl. The number of hydrogen-bond acceptors (Lipinski definition) is 4. The molecule has 0 unspecified atom stereocenters. The first-order chi connectivity index (χ1) is 8.81. The number of halogens is 1. The first-order valence-electron chi connectivity index (χ1n) is 6.50. The van der Waals surface area contributed by atoms with Crippen molar-refractivity contribution in [3.05, 3.63) is 22.8 Å². The van der Waals surface area contributed by atoms with Gasteiger partial charge in [0.05, 0.1) is 0 Å². The predicted molar refractivity (Wildman–Crippen MR) is 72.9 cm³/mol. The van der Waals surface area contributed by atoms with E-state index in [9.17, 15) is 0 Å². The molecule has 0 bridgehead atoms. The molecule has 5 heteroatoms. The molecular weight excluding hydrogens is 250 g/mol. The van der Waals surface area contributed by atoms with Gasteiger partial charge in [0.25, 0.3) is 0 Å². The van der Waals surface area contributed by atoms with E-state index >= 15 is 0 Å². The van der Waals surface area contributed by atoms with E-state index in [2.05, 4.69) is 9.88 Å². The first kappa shape index (κ1) is 13.6. The molecule has 0 aromatic carbocycles. The molecule has 4 nitrogen and oxygen atoms in total. The largest absolute Gasteiger partial charge is 0.475 e. The van der Waals surface area contributed by atoms with E-state index < -0.39 is 0 Å². The van der Waals surface area contributed by atoms with Crippen molar-refractivity contribution in [2.75, 3.05) is 26.2 Å². The Morgan fingerprint density at radius 3 is 2.83 bits per heavy atom. The number of hydrogen-bond donors (Lipinski definition) is 1. The number of piperidine rings is 1. The number of nitrogens with zero attached hydrogens (tertiary/aromatic N) is 2. The van der Waals surface area contributed by atoms with Crippen molar-refractivity contribution in [3.63, 3.8) is 0 Å². The van der Waals surface area contributed by atoms with E-state index in [4.69, 9.17) is 22.1 Å². The Balaban J connectivity index is 1.82. The van der Waals surface area contributed by atoms with Crippen molar-refractivity contribution in [1.82, 2.24) is 9.88 Å². The van der Waals surface area contributed by atoms with Crippen LogP contribution in [-0.2, 0) is 6.54 Å². The molecule has 0 amide bonds. The fourth-order valence-electron chi connectivity index (χ4n) is 2.17. The average molecular weight is 270 g/mol. The van der Waals surface area contributed by atoms with Crippen molar-refractivity contribution in [3.8, 4) is 5.88 Å². The van der Waals surface area contributed by atoms with Crippen molar-refractivity contribution in [1.29, 1.82) is 0 Å². The van der Waals surface area contributed by atoms with Crippen molar-refractivity contribution < 1.29 is 4.74 Å². The standard InChI is InChI=1S/C13H20ClN3O/c14-12-11(10-15)4-5-16-13(12)18-9-8-17-6-2-1-3-7-17/h4-5H,1-3,6-10,15H2. The maximum absolute atomic E-state index is 6.15. The highest BCUT2D eigenvalue weighted by atomic mass is 35.5. The number of ether oxygens (including phenoxy) is 1. The summed E-state index contributed by atoms with van der Waals surface area (Å²) in [6.07, 6.45) is 5.62. The zero-order chi connectivity index (χ0) is 12.8. The van der Waals surface area contributed by atoms with Crippen molar-refractivity contribution >= 4 is 11.6 Å². The fourth-order valence-corrected chi connectivity index (χ4v) is 2.42. The summed E-state index contributed by atoms with van der Waals surface area (Å²) < 4.78 is 5.64. The van der Waals surface area contributed by atoms with Crippen LogP contribution in [0.2, 0.25) is 5.02 Å². The molecule has 0 aliphatic carbocycles. The quantitative estimate of drug-likeness (QED) is 0.889. The van der Waals surface area contributed by atoms with Gasteiger partial charge in [-0.15, -0.1) is 0 Å². The zero-order valence-electron chi connectivity index (χ0n) is 10.6. The lowest BCUT2D eigenvalue weighted by molar-refractivity contribution is 0.180. The summed E-state index contributed by atoms with van der Waals surface area (Å²) in [5, 5.41) is 0.540. The van der Waals surface area contributed by atoms with Gasteiger partial charge < -0.3 is 10.5 Å². The summed E-state index contributed by atoms with van der Waals surface area (Å²) in [4.78, 5) is 6.56. The van der Waals surface area contributed by atoms with Gasteiger partial charge in [-0.25, -0.2) is 4.98 Å². The minimum absolute atomic E-state index is 0.407. The summed E-state index contributed by atoms with van der Waals surface area (Å²) >= 11 is 6.15. The molecule has 1 aliphatic heterocycles. The molecule has 0 radical (unpaired) electrons. The third-order valence-corrected chi connectivity index (χ3v) is 3.66. The van der Waals surface area contributed by atoms with Crippen LogP contribution in [0, 0.1) is 0 Å². The summed E-state index contributed by atoms with van der Waals surface area (Å²) in [5.41, 5.74) is 6.46. The summed E-state index contributed by atoms with van der Waals surface area (Å²) in [6.45, 7) is 4.32. The Bertz CT molecular complexity index is 380. The highest BCUT2D eigenvalue weighted by Gasteiger charge is 2.11. The molecule has 2 rings (SSSR count). The van der Waals surface area contributed by atoms with Crippen molar-refractivity contribution in [2.24, 2.45) is 5.73 Å². The molecule has 1 aromatic rings. The minimum Gasteiger partial charge on any atom is -0.475 e. The number of rotatable bonds is 5. The Morgan fingerprint density at radius 2 is 2.11 bits per heavy atom. The van der Waals surface area contributed by atoms with Crippen LogP contribution in [0.25, 0.3) is 0 Å². The lowest BCUT2D eigenvalue weighted by atomic mass is 10.1. The molecule has 1 aliphatic rings. The second-order valence-corrected chi connectivity index (χ2v) is 4.92. The van der Waals surface area contributed by atoms with Crippen molar-refractivity contribution in [2.45, 2.75) is 25.8 Å². The second-order valence-electron chi connectivity index (χ2n) is 4.54. The van der Waals surface area contributed by atoms with Crippen LogP contribution in [0.3, 0.4) is 0 Å². The Morgan fingerprint density at radius 1 is 1.33 bits per heavy atom. The van der Waals surface area contributed by atoms with E-state index in [0.717, 1.165) is 12.1 Å². The third-order valence-electron chi connectivity index (χ3n) is 3.25. The first-order valence-corrected chi connectivity index (χ1v) is 6.87. The number of pyridine rings is 1. The normalized spacial score (nSPS) is 16.8. The van der Waals surface area contributed by atoms with E-state index in [1.54, 1.807) is 6.20 Å². The summed E-state index contributed by atoms with van der Waals surface area (Å²) in [6, 6.07) is 1.82. The average Bonchev–Trinajstić information content (AvgIpc) is 2.42. The van der Waals surface area contributed by atoms with Gasteiger partial charge >= 0.3 is 0 Å². The lowest BCUT2D eigenvalue weighted by Gasteiger charge is -2.26. The van der Waals surface area contributed by atoms with Crippen LogP contribution in [0.1, 0.15) is 24.8 Å². The monoisotopic (exact) mass is 269 g/mol. The van der Waals surface area contributed by atoms with Gasteiger partial charge in [0.1, 0.15) is 11.6 Å². The van der Waals surface area contributed by atoms with Gasteiger partial charge in [-0.3, -0.25) is 4.90 Å². The highest BCUT2D eigenvalue weighted by Crippen LogP contribution is 2.25. The fraction of sp³-hybridized carbons (Fsp3) is 0.615. The molecule has 1 aromatic heterocycles. The molecule has 0 saturated carbocycles. The topological polar surface area (TPSA) is 51.4 Å². The Kier molecular flexibility index (Phi) is 5.23. The van der Waals surface area contributed by atoms with Gasteiger partial charge in [0, 0.05) is 19.3 Å². The predicted octanol–water partition coefficient (Wildman–Crippen LogP) is 2.06. The Hall–Kier alpha value is -0.840. The molecule has 2 heterocycles. The van der Waals surface area contributed by atoms with Crippen LogP contribution in [0.4, 0.5) is 0 Å². The Labute approximate surface area is 113 Å². The van der Waals surface area contributed by atoms with E-state index in [-0.39, 0.29) is 0 Å². The van der Waals surface area contributed by atoms with Gasteiger partial charge in [-0.05, 0) is 37.6 Å². The minimum atomic E-state index is 0.407. The molecule has 1 fully saturated rings. The molecule has 2 N–H and O–H groups in total. The summed E-state index contributed by atoms with van der Waals surface area (Å²) in [7, 11) is 0. The van der Waals surface area contributed by atoms with Gasteiger partial charge in [-0.2, -0.15) is 0 Å². The summed E-state index contributed by atoms with van der Waals surface area (Å²) in [5.74, 6) is 0.497. The smallest absolute Gasteiger partial charge is 0.232 e. The zero-order valence-corrected chi connectivity index (χ0v) is 11.3. The maximum Gasteiger partial charge on any atom is 0.232 e. The third kappa shape index (κ3) is 3.57. The van der Waals surface area contributed by atoms with E-state index in [0.29, 0.717) is 24.1 Å². The van der Waals surface area contributed by atoms with Gasteiger partial charge in [-0.1, -0.05) is 18.0 Å². The molecular formula is C13H20ClN3O. The lowest BCUT2D eigenvalue weighted by Crippen LogP contribution is -2.33. The van der Waals surface area contributed by atoms with Gasteiger partial charge in [0.15, 0.2) is 0 Å². The highest BCUT2D eigenvalue weighted by molar-refractivity contribution is 6.32. The van der Waals surface area contributed by atoms with E-state index in [1.165, 1.54) is 32.4 Å². The second kappa shape index (κ2) is 6.92. The number of nitrogens with two attached hydrogens (primary N) is 1. The molecule has 0 spiro atoms. The van der Waals surface area contributed by atoms with Crippen LogP contribution >= 0.6 is 11.6 Å². The van der Waals surface area contributed by atoms with Crippen LogP contribution in [0.5, 0.6) is 5.88 Å². The molecule has 18 heavy (non-hydrogen) atoms. The van der Waals surface area contributed by atoms with Gasteiger partial charge in [0.2, 0.25) is 5.88 Å². The van der Waals surface area contributed by atoms with Crippen LogP contribution in [-0.4, -0.2) is 36.1 Å². The molecule has 0 atom stereocenters. The van der Waals surface area contributed by atoms with Crippen LogP contribution in [0.15, 0.2) is 12.3 Å². The number of likely N-dealkylation sites (tertiary alicyclic amines) is 1. The van der Waals surface area contributed by atoms with E-state index in [1.807, 2.05) is 6.07 Å². The molecule has 100 valence electrons. The number of aromatic nitrogens is 1. The molecule has 1 saturated heterocycles. The van der Waals surface area contributed by atoms with Crippen LogP contribution < -0.4 is 10.5 Å².